The molecule has 1 amide bonds. The van der Waals surface area contributed by atoms with Gasteiger partial charge in [0.2, 0.25) is 5.91 Å². The van der Waals surface area contributed by atoms with E-state index in [1.807, 2.05) is 44.0 Å². The Labute approximate surface area is 178 Å². The van der Waals surface area contributed by atoms with Crippen molar-refractivity contribution >= 4 is 39.2 Å². The lowest BCUT2D eigenvalue weighted by molar-refractivity contribution is -0.131. The lowest BCUT2D eigenvalue weighted by Crippen LogP contribution is -2.43. The van der Waals surface area contributed by atoms with Crippen LogP contribution < -0.4 is 5.56 Å². The molecular weight excluding hydrogens is 406 g/mol. The molecule has 3 heterocycles. The Morgan fingerprint density at radius 3 is 2.69 bits per heavy atom. The number of fused-ring (bicyclic) bond motifs is 1. The van der Waals surface area contributed by atoms with Gasteiger partial charge in [-0.3, -0.25) is 14.2 Å². The van der Waals surface area contributed by atoms with Gasteiger partial charge < -0.3 is 9.32 Å². The number of furan rings is 1. The summed E-state index contributed by atoms with van der Waals surface area (Å²) in [6.07, 6.45) is 3.24. The van der Waals surface area contributed by atoms with Crippen LogP contribution in [0.25, 0.3) is 21.5 Å². The Morgan fingerprint density at radius 2 is 2.10 bits per heavy atom. The van der Waals surface area contributed by atoms with E-state index >= 15 is 0 Å². The molecule has 0 atom stereocenters. The van der Waals surface area contributed by atoms with Crippen molar-refractivity contribution in [3.8, 4) is 11.3 Å². The van der Waals surface area contributed by atoms with E-state index in [-0.39, 0.29) is 29.3 Å². The summed E-state index contributed by atoms with van der Waals surface area (Å²) in [5.41, 5.74) is 0.589. The fourth-order valence-electron chi connectivity index (χ4n) is 3.39. The van der Waals surface area contributed by atoms with Gasteiger partial charge in [0.1, 0.15) is 10.6 Å². The molecular formula is C21H25N3O3S2. The lowest BCUT2D eigenvalue weighted by Gasteiger charge is -2.30. The summed E-state index contributed by atoms with van der Waals surface area (Å²) in [7, 11) is 0. The van der Waals surface area contributed by atoms with Crippen molar-refractivity contribution < 1.29 is 9.21 Å². The number of thiophene rings is 1. The van der Waals surface area contributed by atoms with Gasteiger partial charge in [-0.1, -0.05) is 17.8 Å². The zero-order valence-electron chi connectivity index (χ0n) is 17.0. The van der Waals surface area contributed by atoms with Crippen LogP contribution in [0.3, 0.4) is 0 Å². The molecule has 0 aliphatic carbocycles. The Hall–Kier alpha value is -2.32. The maximum Gasteiger partial charge on any atom is 0.263 e. The zero-order chi connectivity index (χ0) is 21.1. The molecule has 0 bridgehead atoms. The fraction of sp³-hybridized carbons (Fsp3) is 0.381. The van der Waals surface area contributed by atoms with E-state index in [2.05, 4.69) is 6.58 Å². The Bertz CT molecular complexity index is 1060. The molecule has 3 aromatic heterocycles. The van der Waals surface area contributed by atoms with E-state index in [9.17, 15) is 9.59 Å². The zero-order valence-corrected chi connectivity index (χ0v) is 18.7. The molecule has 0 fully saturated rings. The predicted molar refractivity (Wildman–Crippen MR) is 120 cm³/mol. The third-order valence-electron chi connectivity index (χ3n) is 4.48. The van der Waals surface area contributed by atoms with Crippen molar-refractivity contribution in [1.29, 1.82) is 0 Å². The van der Waals surface area contributed by atoms with Gasteiger partial charge in [0.25, 0.3) is 5.56 Å². The largest absolute Gasteiger partial charge is 0.464 e. The number of carbonyl (C=O) groups excluding carboxylic acids is 1. The molecule has 0 radical (unpaired) electrons. The Kier molecular flexibility index (Phi) is 6.64. The number of aromatic nitrogens is 2. The quantitative estimate of drug-likeness (QED) is 0.295. The highest BCUT2D eigenvalue weighted by molar-refractivity contribution is 7.99. The average Bonchev–Trinajstić information content (AvgIpc) is 3.31. The summed E-state index contributed by atoms with van der Waals surface area (Å²) in [6, 6.07) is 3.84. The number of carbonyl (C=O) groups is 1. The minimum Gasteiger partial charge on any atom is -0.464 e. The van der Waals surface area contributed by atoms with Crippen molar-refractivity contribution in [3.63, 3.8) is 0 Å². The smallest absolute Gasteiger partial charge is 0.263 e. The summed E-state index contributed by atoms with van der Waals surface area (Å²) >= 11 is 2.69. The number of amides is 1. The topological polar surface area (TPSA) is 68.3 Å². The standard InChI is InChI=1S/C21H25N3O3S2/c1-6-9-23-20(26)18-15(16-8-7-10-27-16)11-28-19(18)22-21(23)29-12-17(25)24(13(2)3)14(4)5/h6-8,10-11,13-14H,1,9,12H2,2-5H3. The predicted octanol–water partition coefficient (Wildman–Crippen LogP) is 4.64. The van der Waals surface area contributed by atoms with Gasteiger partial charge in [0, 0.05) is 29.6 Å². The first-order valence-electron chi connectivity index (χ1n) is 9.45. The van der Waals surface area contributed by atoms with Gasteiger partial charge in [-0.2, -0.15) is 0 Å². The third kappa shape index (κ3) is 4.33. The molecule has 6 nitrogen and oxygen atoms in total. The van der Waals surface area contributed by atoms with Crippen LogP contribution in [0.4, 0.5) is 0 Å². The first-order valence-corrected chi connectivity index (χ1v) is 11.3. The summed E-state index contributed by atoms with van der Waals surface area (Å²) < 4.78 is 7.05. The molecule has 3 rings (SSSR count). The van der Waals surface area contributed by atoms with Gasteiger partial charge in [-0.05, 0) is 39.8 Å². The van der Waals surface area contributed by atoms with Gasteiger partial charge in [0.05, 0.1) is 17.4 Å². The van der Waals surface area contributed by atoms with Crippen LogP contribution in [0.2, 0.25) is 0 Å². The van der Waals surface area contributed by atoms with Crippen molar-refractivity contribution in [2.75, 3.05) is 5.75 Å². The third-order valence-corrected chi connectivity index (χ3v) is 6.32. The van der Waals surface area contributed by atoms with Gasteiger partial charge in [-0.15, -0.1) is 17.9 Å². The first kappa shape index (κ1) is 21.4. The van der Waals surface area contributed by atoms with Crippen LogP contribution in [0.5, 0.6) is 0 Å². The molecule has 154 valence electrons. The molecule has 0 saturated carbocycles. The van der Waals surface area contributed by atoms with Crippen LogP contribution in [-0.4, -0.2) is 38.2 Å². The van der Waals surface area contributed by atoms with Gasteiger partial charge in [0.15, 0.2) is 5.16 Å². The first-order chi connectivity index (χ1) is 13.8. The second kappa shape index (κ2) is 9.00. The van der Waals surface area contributed by atoms with E-state index in [4.69, 9.17) is 9.40 Å². The van der Waals surface area contributed by atoms with Crippen LogP contribution in [0, 0.1) is 0 Å². The Morgan fingerprint density at radius 1 is 1.38 bits per heavy atom. The van der Waals surface area contributed by atoms with Crippen molar-refractivity contribution in [2.45, 2.75) is 51.5 Å². The van der Waals surface area contributed by atoms with E-state index < -0.39 is 0 Å². The number of nitrogens with zero attached hydrogens (tertiary/aromatic N) is 3. The highest BCUT2D eigenvalue weighted by atomic mass is 32.2. The number of hydrogen-bond donors (Lipinski definition) is 0. The monoisotopic (exact) mass is 431 g/mol. The van der Waals surface area contributed by atoms with E-state index in [1.165, 1.54) is 23.1 Å². The average molecular weight is 432 g/mol. The normalized spacial score (nSPS) is 11.5. The second-order valence-electron chi connectivity index (χ2n) is 7.18. The molecule has 29 heavy (non-hydrogen) atoms. The van der Waals surface area contributed by atoms with E-state index in [0.29, 0.717) is 27.7 Å². The minimum absolute atomic E-state index is 0.0296. The molecule has 0 N–H and O–H groups in total. The summed E-state index contributed by atoms with van der Waals surface area (Å²) in [4.78, 5) is 33.2. The van der Waals surface area contributed by atoms with Crippen LogP contribution in [0.1, 0.15) is 27.7 Å². The van der Waals surface area contributed by atoms with Crippen LogP contribution in [-0.2, 0) is 11.3 Å². The van der Waals surface area contributed by atoms with E-state index in [0.717, 1.165) is 5.56 Å². The molecule has 8 heteroatoms. The number of hydrogen-bond acceptors (Lipinski definition) is 6. The summed E-state index contributed by atoms with van der Waals surface area (Å²) in [5, 5.41) is 2.94. The maximum atomic E-state index is 13.2. The maximum absolute atomic E-state index is 13.2. The molecule has 3 aromatic rings. The second-order valence-corrected chi connectivity index (χ2v) is 8.98. The van der Waals surface area contributed by atoms with Crippen molar-refractivity contribution in [3.05, 3.63) is 46.8 Å². The Balaban J connectivity index is 1.98. The summed E-state index contributed by atoms with van der Waals surface area (Å²) in [6.45, 7) is 12.1. The fourth-order valence-corrected chi connectivity index (χ4v) is 5.24. The summed E-state index contributed by atoms with van der Waals surface area (Å²) in [5.74, 6) is 0.893. The van der Waals surface area contributed by atoms with Gasteiger partial charge >= 0.3 is 0 Å². The molecule has 0 unspecified atom stereocenters. The molecule has 0 aliphatic heterocycles. The van der Waals surface area contributed by atoms with Crippen molar-refractivity contribution in [1.82, 2.24) is 14.5 Å². The molecule has 0 aromatic carbocycles. The number of rotatable bonds is 8. The highest BCUT2D eigenvalue weighted by Crippen LogP contribution is 2.32. The minimum atomic E-state index is -0.151. The molecule has 0 saturated heterocycles. The SMILES string of the molecule is C=CCn1c(SCC(=O)N(C(C)C)C(C)C)nc2scc(-c3ccco3)c2c1=O. The lowest BCUT2D eigenvalue weighted by atomic mass is 10.2. The van der Waals surface area contributed by atoms with E-state index in [1.54, 1.807) is 23.0 Å². The molecule has 0 spiro atoms. The molecule has 0 aliphatic rings. The number of thioether (sulfide) groups is 1. The van der Waals surface area contributed by atoms with Crippen molar-refractivity contribution in [2.24, 2.45) is 0 Å². The highest BCUT2D eigenvalue weighted by Gasteiger charge is 2.22. The number of allylic oxidation sites excluding steroid dienone is 1. The van der Waals surface area contributed by atoms with Crippen LogP contribution in [0.15, 0.2) is 50.8 Å². The van der Waals surface area contributed by atoms with Gasteiger partial charge in [-0.25, -0.2) is 4.98 Å². The van der Waals surface area contributed by atoms with Crippen LogP contribution >= 0.6 is 23.1 Å².